The maximum atomic E-state index is 13.3. The molecule has 1 aromatic heterocycles. The molecule has 0 saturated carbocycles. The Morgan fingerprint density at radius 1 is 1.13 bits per heavy atom. The lowest BCUT2D eigenvalue weighted by Crippen LogP contribution is -3.13. The Balaban J connectivity index is 1.63. The van der Waals surface area contributed by atoms with Crippen molar-refractivity contribution in [3.05, 3.63) is 66.4 Å². The Morgan fingerprint density at radius 2 is 1.84 bits per heavy atom. The van der Waals surface area contributed by atoms with Crippen molar-refractivity contribution in [1.29, 1.82) is 0 Å². The van der Waals surface area contributed by atoms with Crippen LogP contribution in [-0.2, 0) is 0 Å². The number of methoxy groups -OCH3 is 1. The highest BCUT2D eigenvalue weighted by molar-refractivity contribution is 6.00. The first-order valence-electron chi connectivity index (χ1n) is 11.1. The van der Waals surface area contributed by atoms with Gasteiger partial charge in [-0.15, -0.1) is 0 Å². The van der Waals surface area contributed by atoms with Crippen LogP contribution in [0.1, 0.15) is 36.5 Å². The molecule has 1 amide bonds. The summed E-state index contributed by atoms with van der Waals surface area (Å²) in [6, 6.07) is 17.8. The van der Waals surface area contributed by atoms with Crippen molar-refractivity contribution in [3.8, 4) is 22.7 Å². The van der Waals surface area contributed by atoms with Gasteiger partial charge in [-0.1, -0.05) is 37.3 Å². The Bertz CT molecular complexity index is 1010. The number of ether oxygens (including phenoxy) is 1. The van der Waals surface area contributed by atoms with Crippen LogP contribution in [-0.4, -0.2) is 48.5 Å². The predicted octanol–water partition coefficient (Wildman–Crippen LogP) is 2.74. The number of carbonyl (C=O) groups is 1. The number of nitrogens with one attached hydrogen (secondary N) is 2. The third-order valence-corrected chi connectivity index (χ3v) is 5.97. The third kappa shape index (κ3) is 4.80. The standard InChI is InChI=1S/C25H30N4O2/c1-3-15-28-16-13-19(14-17-28)26-25(30)22-18-29(20-9-5-4-6-10-20)27-24(22)21-11-7-8-12-23(21)31-2/h4-12,18-19H,3,13-17H2,1-2H3,(H,26,30)/p+1. The van der Waals surface area contributed by atoms with Crippen LogP contribution in [0.2, 0.25) is 0 Å². The van der Waals surface area contributed by atoms with Crippen molar-refractivity contribution < 1.29 is 14.4 Å². The predicted molar refractivity (Wildman–Crippen MR) is 122 cm³/mol. The molecule has 0 spiro atoms. The number of hydrogen-bond donors (Lipinski definition) is 2. The number of amides is 1. The van der Waals surface area contributed by atoms with Crippen LogP contribution in [0.3, 0.4) is 0 Å². The molecular weight excluding hydrogens is 388 g/mol. The lowest BCUT2D eigenvalue weighted by atomic mass is 10.0. The molecule has 6 heteroatoms. The number of carbonyl (C=O) groups excluding carboxylic acids is 1. The van der Waals surface area contributed by atoms with Gasteiger partial charge in [-0.3, -0.25) is 4.79 Å². The van der Waals surface area contributed by atoms with Crippen molar-refractivity contribution in [3.63, 3.8) is 0 Å². The minimum atomic E-state index is -0.0768. The Morgan fingerprint density at radius 3 is 2.55 bits per heavy atom. The van der Waals surface area contributed by atoms with Gasteiger partial charge >= 0.3 is 0 Å². The number of benzene rings is 2. The first-order valence-corrected chi connectivity index (χ1v) is 11.1. The molecule has 0 unspecified atom stereocenters. The zero-order chi connectivity index (χ0) is 21.6. The Hall–Kier alpha value is -3.12. The quantitative estimate of drug-likeness (QED) is 0.619. The lowest BCUT2D eigenvalue weighted by Gasteiger charge is -2.29. The highest BCUT2D eigenvalue weighted by Gasteiger charge is 2.26. The van der Waals surface area contributed by atoms with E-state index in [2.05, 4.69) is 12.2 Å². The van der Waals surface area contributed by atoms with Crippen LogP contribution in [0.4, 0.5) is 0 Å². The average Bonchev–Trinajstić information content (AvgIpc) is 3.27. The molecule has 3 aromatic rings. The van der Waals surface area contributed by atoms with E-state index in [0.29, 0.717) is 17.0 Å². The molecule has 4 rings (SSSR count). The Kier molecular flexibility index (Phi) is 6.67. The first-order chi connectivity index (χ1) is 15.2. The molecule has 31 heavy (non-hydrogen) atoms. The number of hydrogen-bond acceptors (Lipinski definition) is 3. The number of piperidine rings is 1. The molecule has 1 aliphatic rings. The van der Waals surface area contributed by atoms with Crippen molar-refractivity contribution in [2.24, 2.45) is 0 Å². The summed E-state index contributed by atoms with van der Waals surface area (Å²) in [5, 5.41) is 8.05. The number of aromatic nitrogens is 2. The SMILES string of the molecule is CCC[NH+]1CCC(NC(=O)c2cn(-c3ccccc3)nc2-c2ccccc2OC)CC1. The molecule has 2 N–H and O–H groups in total. The van der Waals surface area contributed by atoms with E-state index in [1.165, 1.54) is 13.0 Å². The smallest absolute Gasteiger partial charge is 0.255 e. The average molecular weight is 420 g/mol. The first kappa shape index (κ1) is 21.1. The molecule has 1 aliphatic heterocycles. The molecule has 0 atom stereocenters. The fourth-order valence-corrected chi connectivity index (χ4v) is 4.33. The van der Waals surface area contributed by atoms with E-state index in [1.54, 1.807) is 16.7 Å². The zero-order valence-electron chi connectivity index (χ0n) is 18.3. The van der Waals surface area contributed by atoms with Crippen LogP contribution in [0.15, 0.2) is 60.8 Å². The molecule has 162 valence electrons. The summed E-state index contributed by atoms with van der Waals surface area (Å²) in [4.78, 5) is 15.0. The summed E-state index contributed by atoms with van der Waals surface area (Å²) in [7, 11) is 1.64. The van der Waals surface area contributed by atoms with Gasteiger partial charge < -0.3 is 15.0 Å². The van der Waals surface area contributed by atoms with Gasteiger partial charge in [0.2, 0.25) is 0 Å². The lowest BCUT2D eigenvalue weighted by molar-refractivity contribution is -0.905. The van der Waals surface area contributed by atoms with E-state index in [4.69, 9.17) is 9.84 Å². The minimum Gasteiger partial charge on any atom is -0.496 e. The molecule has 2 heterocycles. The second-order valence-electron chi connectivity index (χ2n) is 8.12. The molecule has 2 aromatic carbocycles. The van der Waals surface area contributed by atoms with Crippen molar-refractivity contribution in [2.45, 2.75) is 32.2 Å². The summed E-state index contributed by atoms with van der Waals surface area (Å²) in [5.74, 6) is 0.623. The minimum absolute atomic E-state index is 0.0768. The highest BCUT2D eigenvalue weighted by atomic mass is 16.5. The summed E-state index contributed by atoms with van der Waals surface area (Å²) in [6.45, 7) is 5.66. The maximum Gasteiger partial charge on any atom is 0.255 e. The molecule has 1 fully saturated rings. The van der Waals surface area contributed by atoms with Gasteiger partial charge in [0.05, 0.1) is 38.0 Å². The molecular formula is C25H31N4O2+. The topological polar surface area (TPSA) is 60.6 Å². The van der Waals surface area contributed by atoms with Crippen molar-refractivity contribution in [1.82, 2.24) is 15.1 Å². The number of nitrogens with zero attached hydrogens (tertiary/aromatic N) is 2. The van der Waals surface area contributed by atoms with Gasteiger partial charge in [0.15, 0.2) is 0 Å². The van der Waals surface area contributed by atoms with E-state index >= 15 is 0 Å². The Labute approximate surface area is 183 Å². The molecule has 1 saturated heterocycles. The monoisotopic (exact) mass is 419 g/mol. The molecule has 0 aliphatic carbocycles. The number of quaternary nitrogens is 1. The van der Waals surface area contributed by atoms with E-state index in [9.17, 15) is 4.79 Å². The van der Waals surface area contributed by atoms with E-state index < -0.39 is 0 Å². The van der Waals surface area contributed by atoms with E-state index in [-0.39, 0.29) is 11.9 Å². The van der Waals surface area contributed by atoms with Gasteiger partial charge in [0.25, 0.3) is 5.91 Å². The summed E-state index contributed by atoms with van der Waals surface area (Å²) in [5.41, 5.74) is 2.92. The molecule has 6 nitrogen and oxygen atoms in total. The second-order valence-corrected chi connectivity index (χ2v) is 8.12. The van der Waals surface area contributed by atoms with Gasteiger partial charge in [0.1, 0.15) is 11.4 Å². The second kappa shape index (κ2) is 9.79. The highest BCUT2D eigenvalue weighted by Crippen LogP contribution is 2.31. The van der Waals surface area contributed by atoms with Crippen LogP contribution in [0, 0.1) is 0 Å². The van der Waals surface area contributed by atoms with Gasteiger partial charge in [-0.2, -0.15) is 5.10 Å². The summed E-state index contributed by atoms with van der Waals surface area (Å²) < 4.78 is 7.32. The van der Waals surface area contributed by atoms with E-state index in [0.717, 1.165) is 37.2 Å². The normalized spacial score (nSPS) is 18.5. The fourth-order valence-electron chi connectivity index (χ4n) is 4.33. The molecule has 0 bridgehead atoms. The third-order valence-electron chi connectivity index (χ3n) is 5.97. The van der Waals surface area contributed by atoms with Gasteiger partial charge in [-0.25, -0.2) is 4.68 Å². The van der Waals surface area contributed by atoms with E-state index in [1.807, 2.05) is 60.8 Å². The van der Waals surface area contributed by atoms with Crippen molar-refractivity contribution >= 4 is 5.91 Å². The number of para-hydroxylation sites is 2. The van der Waals surface area contributed by atoms with Crippen LogP contribution in [0.25, 0.3) is 16.9 Å². The summed E-state index contributed by atoms with van der Waals surface area (Å²) >= 11 is 0. The fraction of sp³-hybridized carbons (Fsp3) is 0.360. The van der Waals surface area contributed by atoms with Crippen LogP contribution in [0.5, 0.6) is 5.75 Å². The zero-order valence-corrected chi connectivity index (χ0v) is 18.3. The van der Waals surface area contributed by atoms with Crippen LogP contribution < -0.4 is 15.0 Å². The largest absolute Gasteiger partial charge is 0.496 e. The maximum absolute atomic E-state index is 13.3. The summed E-state index contributed by atoms with van der Waals surface area (Å²) in [6.07, 6.45) is 5.05. The van der Waals surface area contributed by atoms with Crippen molar-refractivity contribution in [2.75, 3.05) is 26.7 Å². The van der Waals surface area contributed by atoms with Gasteiger partial charge in [-0.05, 0) is 30.7 Å². The molecule has 0 radical (unpaired) electrons. The van der Waals surface area contributed by atoms with Gasteiger partial charge in [0, 0.05) is 30.6 Å². The number of likely N-dealkylation sites (tertiary alicyclic amines) is 1. The number of rotatable bonds is 7. The van der Waals surface area contributed by atoms with Crippen LogP contribution >= 0.6 is 0 Å².